The molecule has 0 unspecified atom stereocenters. The van der Waals surface area contributed by atoms with Gasteiger partial charge in [0.15, 0.2) is 0 Å². The third kappa shape index (κ3) is 5.04. The number of aromatic nitrogens is 2. The Kier molecular flexibility index (Phi) is 5.50. The number of amides is 1. The van der Waals surface area contributed by atoms with Crippen molar-refractivity contribution < 1.29 is 18.0 Å². The van der Waals surface area contributed by atoms with Crippen LogP contribution in [0.2, 0.25) is 0 Å². The number of hydrogen-bond donors (Lipinski definition) is 1. The Balaban J connectivity index is 1.87. The highest BCUT2D eigenvalue weighted by Crippen LogP contribution is 2.30. The minimum absolute atomic E-state index is 0.259. The molecule has 152 valence electrons. The maximum Gasteiger partial charge on any atom is 0.416 e. The standard InChI is InChI=1S/C22H22F3N3O/c1-21(2,3)19-13-18(28(27-19)14-15-7-5-4-6-8-15)20(29)26-17-11-9-16(10-12-17)22(23,24)25/h4-13H,14H2,1-3H3,(H,26,29). The second kappa shape index (κ2) is 7.73. The molecule has 1 N–H and O–H groups in total. The molecule has 0 bridgehead atoms. The minimum atomic E-state index is -4.42. The first-order chi connectivity index (χ1) is 13.5. The van der Waals surface area contributed by atoms with Crippen LogP contribution in [0.15, 0.2) is 60.7 Å². The lowest BCUT2D eigenvalue weighted by Crippen LogP contribution is -2.18. The van der Waals surface area contributed by atoms with E-state index < -0.39 is 17.6 Å². The fourth-order valence-electron chi connectivity index (χ4n) is 2.78. The van der Waals surface area contributed by atoms with Crippen LogP contribution in [-0.2, 0) is 18.1 Å². The lowest BCUT2D eigenvalue weighted by atomic mass is 9.92. The highest BCUT2D eigenvalue weighted by Gasteiger charge is 2.30. The van der Waals surface area contributed by atoms with Crippen molar-refractivity contribution in [1.29, 1.82) is 0 Å². The van der Waals surface area contributed by atoms with Crippen molar-refractivity contribution in [3.05, 3.63) is 83.2 Å². The molecule has 1 aromatic heterocycles. The number of nitrogens with zero attached hydrogens (tertiary/aromatic N) is 2. The van der Waals surface area contributed by atoms with Gasteiger partial charge in [0.2, 0.25) is 0 Å². The fourth-order valence-corrected chi connectivity index (χ4v) is 2.78. The lowest BCUT2D eigenvalue weighted by molar-refractivity contribution is -0.137. The van der Waals surface area contributed by atoms with E-state index >= 15 is 0 Å². The van der Waals surface area contributed by atoms with E-state index in [1.54, 1.807) is 10.7 Å². The molecule has 0 radical (unpaired) electrons. The van der Waals surface area contributed by atoms with Crippen molar-refractivity contribution in [2.24, 2.45) is 0 Å². The first-order valence-corrected chi connectivity index (χ1v) is 9.15. The van der Waals surface area contributed by atoms with Crippen molar-refractivity contribution in [3.63, 3.8) is 0 Å². The third-order valence-corrected chi connectivity index (χ3v) is 4.43. The number of rotatable bonds is 4. The van der Waals surface area contributed by atoms with Crippen LogP contribution in [0.25, 0.3) is 0 Å². The van der Waals surface area contributed by atoms with Gasteiger partial charge in [0.05, 0.1) is 17.8 Å². The molecule has 1 amide bonds. The summed E-state index contributed by atoms with van der Waals surface area (Å²) in [7, 11) is 0. The molecular weight excluding hydrogens is 379 g/mol. The second-order valence-corrected chi connectivity index (χ2v) is 7.84. The molecule has 0 saturated carbocycles. The zero-order valence-electron chi connectivity index (χ0n) is 16.4. The van der Waals surface area contributed by atoms with E-state index in [2.05, 4.69) is 10.4 Å². The predicted octanol–water partition coefficient (Wildman–Crippen LogP) is 5.50. The van der Waals surface area contributed by atoms with E-state index in [0.29, 0.717) is 12.2 Å². The normalized spacial score (nSPS) is 12.1. The van der Waals surface area contributed by atoms with Gasteiger partial charge in [0.1, 0.15) is 5.69 Å². The first kappa shape index (κ1) is 20.6. The molecule has 3 aromatic rings. The van der Waals surface area contributed by atoms with Gasteiger partial charge in [-0.3, -0.25) is 9.48 Å². The van der Waals surface area contributed by atoms with Crippen LogP contribution in [-0.4, -0.2) is 15.7 Å². The Hall–Kier alpha value is -3.09. The van der Waals surface area contributed by atoms with Crippen molar-refractivity contribution in [2.45, 2.75) is 38.9 Å². The molecule has 0 aliphatic heterocycles. The number of carbonyl (C=O) groups is 1. The number of alkyl halides is 3. The van der Waals surface area contributed by atoms with Gasteiger partial charge in [0.25, 0.3) is 5.91 Å². The summed E-state index contributed by atoms with van der Waals surface area (Å²) in [6.45, 7) is 6.41. The van der Waals surface area contributed by atoms with E-state index in [0.717, 1.165) is 23.4 Å². The van der Waals surface area contributed by atoms with E-state index in [9.17, 15) is 18.0 Å². The van der Waals surface area contributed by atoms with Crippen molar-refractivity contribution in [1.82, 2.24) is 9.78 Å². The summed E-state index contributed by atoms with van der Waals surface area (Å²) in [5, 5.41) is 7.25. The van der Waals surface area contributed by atoms with Gasteiger partial charge in [-0.2, -0.15) is 18.3 Å². The zero-order valence-corrected chi connectivity index (χ0v) is 16.4. The van der Waals surface area contributed by atoms with Gasteiger partial charge in [-0.15, -0.1) is 0 Å². The fraction of sp³-hybridized carbons (Fsp3) is 0.273. The van der Waals surface area contributed by atoms with Crippen LogP contribution in [0.5, 0.6) is 0 Å². The van der Waals surface area contributed by atoms with Gasteiger partial charge < -0.3 is 5.32 Å². The quantitative estimate of drug-likeness (QED) is 0.628. The van der Waals surface area contributed by atoms with E-state index in [1.165, 1.54) is 12.1 Å². The summed E-state index contributed by atoms with van der Waals surface area (Å²) in [5.74, 6) is -0.427. The SMILES string of the molecule is CC(C)(C)c1cc(C(=O)Nc2ccc(C(F)(F)F)cc2)n(Cc2ccccc2)n1. The number of nitrogens with one attached hydrogen (secondary N) is 1. The molecule has 29 heavy (non-hydrogen) atoms. The van der Waals surface area contributed by atoms with Crippen LogP contribution >= 0.6 is 0 Å². The molecule has 0 atom stereocenters. The summed E-state index contributed by atoms with van der Waals surface area (Å²) < 4.78 is 39.8. The largest absolute Gasteiger partial charge is 0.416 e. The summed E-state index contributed by atoms with van der Waals surface area (Å²) in [6.07, 6.45) is -4.42. The number of carbonyl (C=O) groups excluding carboxylic acids is 1. The Morgan fingerprint density at radius 3 is 2.17 bits per heavy atom. The Labute approximate surface area is 167 Å². The maximum absolute atomic E-state index is 12.9. The summed E-state index contributed by atoms with van der Waals surface area (Å²) >= 11 is 0. The van der Waals surface area contributed by atoms with Gasteiger partial charge in [0, 0.05) is 11.1 Å². The maximum atomic E-state index is 12.9. The third-order valence-electron chi connectivity index (χ3n) is 4.43. The number of halogens is 3. The molecule has 1 heterocycles. The second-order valence-electron chi connectivity index (χ2n) is 7.84. The van der Waals surface area contributed by atoms with Gasteiger partial charge >= 0.3 is 6.18 Å². The molecule has 4 nitrogen and oxygen atoms in total. The number of hydrogen-bond acceptors (Lipinski definition) is 2. The van der Waals surface area contributed by atoms with Gasteiger partial charge in [-0.1, -0.05) is 51.1 Å². The van der Waals surface area contributed by atoms with E-state index in [4.69, 9.17) is 0 Å². The molecule has 0 fully saturated rings. The van der Waals surface area contributed by atoms with E-state index in [1.807, 2.05) is 51.1 Å². The van der Waals surface area contributed by atoms with Gasteiger partial charge in [-0.25, -0.2) is 0 Å². The Bertz CT molecular complexity index is 985. The molecule has 3 rings (SSSR count). The van der Waals surface area contributed by atoms with Crippen molar-refractivity contribution in [3.8, 4) is 0 Å². The smallest absolute Gasteiger partial charge is 0.321 e. The molecule has 7 heteroatoms. The molecular formula is C22H22F3N3O. The van der Waals surface area contributed by atoms with Crippen molar-refractivity contribution in [2.75, 3.05) is 5.32 Å². The van der Waals surface area contributed by atoms with Crippen LogP contribution in [0, 0.1) is 0 Å². The molecule has 2 aromatic carbocycles. The average Bonchev–Trinajstić information content (AvgIpc) is 3.06. The topological polar surface area (TPSA) is 46.9 Å². The highest BCUT2D eigenvalue weighted by molar-refractivity contribution is 6.03. The zero-order chi connectivity index (χ0) is 21.2. The van der Waals surface area contributed by atoms with E-state index in [-0.39, 0.29) is 11.1 Å². The van der Waals surface area contributed by atoms with Crippen LogP contribution in [0.1, 0.15) is 48.1 Å². The lowest BCUT2D eigenvalue weighted by Gasteiger charge is -2.14. The van der Waals surface area contributed by atoms with Crippen LogP contribution in [0.4, 0.5) is 18.9 Å². The minimum Gasteiger partial charge on any atom is -0.321 e. The Morgan fingerprint density at radius 1 is 1.00 bits per heavy atom. The first-order valence-electron chi connectivity index (χ1n) is 9.15. The average molecular weight is 401 g/mol. The highest BCUT2D eigenvalue weighted by atomic mass is 19.4. The van der Waals surface area contributed by atoms with Crippen LogP contribution < -0.4 is 5.32 Å². The number of benzene rings is 2. The Morgan fingerprint density at radius 2 is 1.62 bits per heavy atom. The van der Waals surface area contributed by atoms with Crippen molar-refractivity contribution >= 4 is 11.6 Å². The summed E-state index contributed by atoms with van der Waals surface area (Å²) in [5.41, 5.74) is 1.35. The monoisotopic (exact) mass is 401 g/mol. The van der Waals surface area contributed by atoms with Crippen LogP contribution in [0.3, 0.4) is 0 Å². The molecule has 0 saturated heterocycles. The molecule has 0 aliphatic rings. The summed E-state index contributed by atoms with van der Waals surface area (Å²) in [6, 6.07) is 15.7. The summed E-state index contributed by atoms with van der Waals surface area (Å²) in [4.78, 5) is 12.9. The number of anilines is 1. The predicted molar refractivity (Wildman–Crippen MR) is 106 cm³/mol. The van der Waals surface area contributed by atoms with Gasteiger partial charge in [-0.05, 0) is 35.9 Å². The molecule has 0 spiro atoms. The molecule has 0 aliphatic carbocycles.